The topological polar surface area (TPSA) is 87.4 Å². The van der Waals surface area contributed by atoms with Crippen molar-refractivity contribution in [2.24, 2.45) is 0 Å². The van der Waals surface area contributed by atoms with Gasteiger partial charge in [0, 0.05) is 12.1 Å². The van der Waals surface area contributed by atoms with Gasteiger partial charge in [-0.25, -0.2) is 0 Å². The van der Waals surface area contributed by atoms with Crippen molar-refractivity contribution in [3.05, 3.63) is 41.2 Å². The summed E-state index contributed by atoms with van der Waals surface area (Å²) in [7, 11) is 0. The molecule has 1 saturated carbocycles. The highest BCUT2D eigenvalue weighted by Gasteiger charge is 2.23. The van der Waals surface area contributed by atoms with Gasteiger partial charge in [-0.2, -0.15) is 5.10 Å². The molecular weight excluding hydrogens is 306 g/mol. The van der Waals surface area contributed by atoms with Crippen LogP contribution in [-0.2, 0) is 13.0 Å². The molecule has 0 bridgehead atoms. The molecule has 3 rings (SSSR count). The van der Waals surface area contributed by atoms with Crippen LogP contribution in [0.5, 0.6) is 11.5 Å². The highest BCUT2D eigenvalue weighted by Crippen LogP contribution is 2.31. The Hall–Kier alpha value is -2.50. The van der Waals surface area contributed by atoms with Crippen LogP contribution in [0.2, 0.25) is 0 Å². The van der Waals surface area contributed by atoms with Crippen LogP contribution in [0.1, 0.15) is 60.3 Å². The molecule has 1 aromatic carbocycles. The Kier molecular flexibility index (Phi) is 4.74. The van der Waals surface area contributed by atoms with Crippen molar-refractivity contribution in [1.82, 2.24) is 15.1 Å². The Balaban J connectivity index is 1.74. The number of nitrogens with zero attached hydrogens (tertiary/aromatic N) is 2. The number of para-hydroxylation sites is 1. The van der Waals surface area contributed by atoms with Crippen molar-refractivity contribution in [2.45, 2.75) is 51.6 Å². The van der Waals surface area contributed by atoms with Crippen molar-refractivity contribution in [2.75, 3.05) is 0 Å². The number of rotatable bonds is 5. The molecule has 0 atom stereocenters. The molecule has 2 aromatic rings. The summed E-state index contributed by atoms with van der Waals surface area (Å²) in [6.45, 7) is 2.18. The van der Waals surface area contributed by atoms with Gasteiger partial charge in [0.2, 0.25) is 0 Å². The van der Waals surface area contributed by atoms with Gasteiger partial charge in [-0.3, -0.25) is 9.48 Å². The molecule has 0 unspecified atom stereocenters. The fraction of sp³-hybridized carbons (Fsp3) is 0.444. The van der Waals surface area contributed by atoms with E-state index in [9.17, 15) is 15.0 Å². The molecule has 1 amide bonds. The third kappa shape index (κ3) is 3.09. The molecule has 1 fully saturated rings. The van der Waals surface area contributed by atoms with E-state index >= 15 is 0 Å². The van der Waals surface area contributed by atoms with E-state index in [-0.39, 0.29) is 24.0 Å². The quantitative estimate of drug-likeness (QED) is 0.736. The summed E-state index contributed by atoms with van der Waals surface area (Å²) in [5, 5.41) is 26.6. The largest absolute Gasteiger partial charge is 0.504 e. The second-order valence-corrected chi connectivity index (χ2v) is 6.21. The molecule has 0 spiro atoms. The van der Waals surface area contributed by atoms with E-state index in [2.05, 4.69) is 10.4 Å². The number of hydrogen-bond acceptors (Lipinski definition) is 4. The number of phenolic OH excluding ortho intramolecular Hbond substituents is 2. The molecule has 1 heterocycles. The second kappa shape index (κ2) is 6.95. The van der Waals surface area contributed by atoms with Gasteiger partial charge in [-0.05, 0) is 25.3 Å². The fourth-order valence-electron chi connectivity index (χ4n) is 3.38. The van der Waals surface area contributed by atoms with Crippen LogP contribution in [0.25, 0.3) is 0 Å². The van der Waals surface area contributed by atoms with E-state index in [4.69, 9.17) is 0 Å². The first-order valence-electron chi connectivity index (χ1n) is 8.46. The van der Waals surface area contributed by atoms with Gasteiger partial charge in [0.05, 0.1) is 23.5 Å². The Morgan fingerprint density at radius 2 is 2.08 bits per heavy atom. The summed E-state index contributed by atoms with van der Waals surface area (Å²) in [5.41, 5.74) is 2.02. The van der Waals surface area contributed by atoms with Crippen LogP contribution in [0, 0.1) is 0 Å². The first-order valence-corrected chi connectivity index (χ1v) is 8.46. The number of benzene rings is 1. The van der Waals surface area contributed by atoms with Gasteiger partial charge in [-0.1, -0.05) is 31.9 Å². The number of carbonyl (C=O) groups is 1. The monoisotopic (exact) mass is 329 g/mol. The number of hydrogen-bond donors (Lipinski definition) is 3. The smallest absolute Gasteiger partial charge is 0.255 e. The van der Waals surface area contributed by atoms with E-state index in [0.717, 1.165) is 25.0 Å². The number of aromatic nitrogens is 2. The summed E-state index contributed by atoms with van der Waals surface area (Å²) in [6, 6.07) is 5.10. The zero-order valence-corrected chi connectivity index (χ0v) is 13.8. The predicted octanol–water partition coefficient (Wildman–Crippen LogP) is 2.90. The Morgan fingerprint density at radius 3 is 2.79 bits per heavy atom. The van der Waals surface area contributed by atoms with Crippen LogP contribution in [-0.4, -0.2) is 25.9 Å². The molecule has 6 nitrogen and oxygen atoms in total. The predicted molar refractivity (Wildman–Crippen MR) is 90.1 cm³/mol. The molecule has 6 heteroatoms. The lowest BCUT2D eigenvalue weighted by Crippen LogP contribution is -2.24. The van der Waals surface area contributed by atoms with Gasteiger partial charge in [0.15, 0.2) is 11.5 Å². The van der Waals surface area contributed by atoms with Crippen LogP contribution >= 0.6 is 0 Å². The molecule has 1 aliphatic carbocycles. The molecular formula is C18H23N3O3. The SMILES string of the molecule is CCc1c(C(=O)NCc2cccc(O)c2O)cnn1C1CCCC1. The van der Waals surface area contributed by atoms with E-state index < -0.39 is 0 Å². The van der Waals surface area contributed by atoms with Crippen molar-refractivity contribution >= 4 is 5.91 Å². The number of aromatic hydroxyl groups is 2. The summed E-state index contributed by atoms with van der Waals surface area (Å²) in [5.74, 6) is -0.598. The third-order valence-electron chi connectivity index (χ3n) is 4.69. The summed E-state index contributed by atoms with van der Waals surface area (Å²) in [6.07, 6.45) is 7.04. The van der Waals surface area contributed by atoms with Crippen molar-refractivity contribution in [1.29, 1.82) is 0 Å². The molecule has 0 radical (unpaired) electrons. The summed E-state index contributed by atoms with van der Waals surface area (Å²) < 4.78 is 2.01. The molecule has 128 valence electrons. The average molecular weight is 329 g/mol. The molecule has 0 aliphatic heterocycles. The first kappa shape index (κ1) is 16.4. The second-order valence-electron chi connectivity index (χ2n) is 6.21. The van der Waals surface area contributed by atoms with E-state index in [1.165, 1.54) is 18.9 Å². The third-order valence-corrected chi connectivity index (χ3v) is 4.69. The number of phenols is 2. The Labute approximate surface area is 141 Å². The molecule has 1 aliphatic rings. The van der Waals surface area contributed by atoms with Crippen LogP contribution in [0.15, 0.2) is 24.4 Å². The van der Waals surface area contributed by atoms with Crippen LogP contribution in [0.4, 0.5) is 0 Å². The maximum Gasteiger partial charge on any atom is 0.255 e. The minimum absolute atomic E-state index is 0.150. The first-order chi connectivity index (χ1) is 11.6. The van der Waals surface area contributed by atoms with Crippen molar-refractivity contribution in [3.63, 3.8) is 0 Å². The molecule has 3 N–H and O–H groups in total. The van der Waals surface area contributed by atoms with Crippen LogP contribution in [0.3, 0.4) is 0 Å². The van der Waals surface area contributed by atoms with Crippen LogP contribution < -0.4 is 5.32 Å². The number of amides is 1. The Morgan fingerprint density at radius 1 is 1.33 bits per heavy atom. The van der Waals surface area contributed by atoms with Gasteiger partial charge < -0.3 is 15.5 Å². The lowest BCUT2D eigenvalue weighted by atomic mass is 10.1. The summed E-state index contributed by atoms with van der Waals surface area (Å²) in [4.78, 5) is 12.5. The van der Waals surface area contributed by atoms with E-state index in [0.29, 0.717) is 17.2 Å². The minimum Gasteiger partial charge on any atom is -0.504 e. The number of carbonyl (C=O) groups excluding carboxylic acids is 1. The van der Waals surface area contributed by atoms with Gasteiger partial charge in [0.25, 0.3) is 5.91 Å². The number of nitrogens with one attached hydrogen (secondary N) is 1. The lowest BCUT2D eigenvalue weighted by Gasteiger charge is -2.14. The molecule has 24 heavy (non-hydrogen) atoms. The average Bonchev–Trinajstić information content (AvgIpc) is 3.24. The zero-order chi connectivity index (χ0) is 17.1. The summed E-state index contributed by atoms with van der Waals surface area (Å²) >= 11 is 0. The van der Waals surface area contributed by atoms with E-state index in [1.807, 2.05) is 11.6 Å². The minimum atomic E-state index is -0.209. The highest BCUT2D eigenvalue weighted by molar-refractivity contribution is 5.95. The normalized spacial score (nSPS) is 14.9. The van der Waals surface area contributed by atoms with E-state index in [1.54, 1.807) is 18.3 Å². The fourth-order valence-corrected chi connectivity index (χ4v) is 3.38. The maximum absolute atomic E-state index is 12.5. The van der Waals surface area contributed by atoms with Gasteiger partial charge in [0.1, 0.15) is 0 Å². The lowest BCUT2D eigenvalue weighted by molar-refractivity contribution is 0.0949. The zero-order valence-electron chi connectivity index (χ0n) is 13.8. The van der Waals surface area contributed by atoms with Gasteiger partial charge >= 0.3 is 0 Å². The van der Waals surface area contributed by atoms with Crippen molar-refractivity contribution < 1.29 is 15.0 Å². The van der Waals surface area contributed by atoms with Gasteiger partial charge in [-0.15, -0.1) is 0 Å². The highest BCUT2D eigenvalue weighted by atomic mass is 16.3. The maximum atomic E-state index is 12.5. The molecule has 1 aromatic heterocycles. The molecule has 0 saturated heterocycles. The Bertz CT molecular complexity index is 733. The standard InChI is InChI=1S/C18H23N3O3/c1-2-15-14(11-20-21(15)13-7-3-4-8-13)18(24)19-10-12-6-5-9-16(22)17(12)23/h5-6,9,11,13,22-23H,2-4,7-8,10H2,1H3,(H,19,24). The van der Waals surface area contributed by atoms with Crippen molar-refractivity contribution in [3.8, 4) is 11.5 Å².